The summed E-state index contributed by atoms with van der Waals surface area (Å²) in [6, 6.07) is 10.1. The minimum absolute atomic E-state index is 0.0169. The molecule has 1 aliphatic carbocycles. The topological polar surface area (TPSA) is 130 Å². The minimum Gasteiger partial charge on any atom is -0.480 e. The third-order valence-electron chi connectivity index (χ3n) is 6.88. The van der Waals surface area contributed by atoms with Gasteiger partial charge in [0.05, 0.1) is 29.8 Å². The second kappa shape index (κ2) is 10.8. The zero-order valence-electron chi connectivity index (χ0n) is 22.4. The number of furan rings is 1. The van der Waals surface area contributed by atoms with Crippen LogP contribution in [0.15, 0.2) is 47.0 Å². The number of halogens is 4. The van der Waals surface area contributed by atoms with Crippen LogP contribution >= 0.6 is 0 Å². The number of nitriles is 1. The first-order valence-corrected chi connectivity index (χ1v) is 12.8. The van der Waals surface area contributed by atoms with Gasteiger partial charge in [-0.2, -0.15) is 18.4 Å². The molecule has 13 heteroatoms. The monoisotopic (exact) mass is 581 g/mol. The highest BCUT2D eigenvalue weighted by atomic mass is 19.4. The van der Waals surface area contributed by atoms with Crippen LogP contribution < -0.4 is 15.4 Å². The van der Waals surface area contributed by atoms with Gasteiger partial charge in [0, 0.05) is 36.4 Å². The lowest BCUT2D eigenvalue weighted by atomic mass is 9.98. The lowest BCUT2D eigenvalue weighted by Crippen LogP contribution is -2.35. The number of nitrogens with one attached hydrogen (secondary N) is 2. The fourth-order valence-corrected chi connectivity index (χ4v) is 4.51. The molecule has 1 fully saturated rings. The van der Waals surface area contributed by atoms with E-state index in [4.69, 9.17) is 9.15 Å². The quantitative estimate of drug-likeness (QED) is 0.269. The summed E-state index contributed by atoms with van der Waals surface area (Å²) in [4.78, 5) is 34.7. The van der Waals surface area contributed by atoms with Crippen molar-refractivity contribution in [1.82, 2.24) is 20.6 Å². The summed E-state index contributed by atoms with van der Waals surface area (Å²) >= 11 is 0. The fourth-order valence-electron chi connectivity index (χ4n) is 4.51. The Labute approximate surface area is 236 Å². The lowest BCUT2D eigenvalue weighted by Gasteiger charge is -2.15. The van der Waals surface area contributed by atoms with Gasteiger partial charge in [0.25, 0.3) is 11.8 Å². The van der Waals surface area contributed by atoms with Gasteiger partial charge in [-0.15, -0.1) is 0 Å². The van der Waals surface area contributed by atoms with E-state index in [-0.39, 0.29) is 50.7 Å². The number of carbonyl (C=O) groups excluding carboxylic acids is 2. The molecule has 3 heterocycles. The molecule has 0 radical (unpaired) electrons. The smallest absolute Gasteiger partial charge is 0.389 e. The Bertz CT molecular complexity index is 1740. The van der Waals surface area contributed by atoms with Gasteiger partial charge in [-0.3, -0.25) is 9.59 Å². The van der Waals surface area contributed by atoms with Crippen LogP contribution in [-0.4, -0.2) is 47.7 Å². The number of fused-ring (bicyclic) bond motifs is 1. The highest BCUT2D eigenvalue weighted by Crippen LogP contribution is 2.39. The van der Waals surface area contributed by atoms with Crippen LogP contribution in [0.4, 0.5) is 17.6 Å². The lowest BCUT2D eigenvalue weighted by molar-refractivity contribution is -0.134. The summed E-state index contributed by atoms with van der Waals surface area (Å²) < 4.78 is 64.6. The number of methoxy groups -OCH3 is 1. The van der Waals surface area contributed by atoms with Crippen molar-refractivity contribution in [2.45, 2.75) is 37.4 Å². The number of carbonyl (C=O) groups is 2. The summed E-state index contributed by atoms with van der Waals surface area (Å²) in [5.41, 5.74) is -0.358. The standard InChI is InChI=1S/C29H23F4N5O4/c1-35-25(40)22-19-12-18(16-11-20(26(41-2)36-13-16)24(39)38-28(14-34)9-10-28)21(7-8-29(31,32)33)37-27(19)42-23(22)15-3-5-17(30)6-4-15/h3-6,11-13H,7-10H2,1-2H3,(H,35,40)(H,38,39). The number of aromatic nitrogens is 2. The molecule has 0 aliphatic heterocycles. The molecule has 2 amide bonds. The van der Waals surface area contributed by atoms with Gasteiger partial charge < -0.3 is 19.8 Å². The van der Waals surface area contributed by atoms with E-state index in [1.54, 1.807) is 0 Å². The van der Waals surface area contributed by atoms with Crippen molar-refractivity contribution in [3.8, 4) is 34.4 Å². The van der Waals surface area contributed by atoms with Crippen LogP contribution in [0, 0.1) is 17.1 Å². The first-order valence-electron chi connectivity index (χ1n) is 12.8. The van der Waals surface area contributed by atoms with Crippen molar-refractivity contribution in [3.05, 3.63) is 65.2 Å². The van der Waals surface area contributed by atoms with Gasteiger partial charge in [-0.05, 0) is 55.7 Å². The number of amides is 2. The van der Waals surface area contributed by atoms with Crippen molar-refractivity contribution in [2.75, 3.05) is 14.2 Å². The molecule has 1 saturated carbocycles. The molecule has 0 saturated heterocycles. The SMILES string of the molecule is CNC(=O)c1c(-c2ccc(F)cc2)oc2nc(CCC(F)(F)F)c(-c3cnc(OC)c(C(=O)NC4(C#N)CC4)c3)cc12. The molecule has 2 N–H and O–H groups in total. The molecule has 1 aromatic carbocycles. The summed E-state index contributed by atoms with van der Waals surface area (Å²) in [7, 11) is 2.70. The Morgan fingerprint density at radius 1 is 1.14 bits per heavy atom. The molecule has 0 unspecified atom stereocenters. The van der Waals surface area contributed by atoms with Gasteiger partial charge >= 0.3 is 6.18 Å². The van der Waals surface area contributed by atoms with E-state index >= 15 is 0 Å². The van der Waals surface area contributed by atoms with Gasteiger partial charge in [-0.1, -0.05) is 0 Å². The fraction of sp³-hybridized carbons (Fsp3) is 0.276. The van der Waals surface area contributed by atoms with Crippen molar-refractivity contribution in [3.63, 3.8) is 0 Å². The molecule has 3 aromatic heterocycles. The molecule has 9 nitrogen and oxygen atoms in total. The maximum Gasteiger partial charge on any atom is 0.389 e. The van der Waals surface area contributed by atoms with Crippen molar-refractivity contribution in [1.29, 1.82) is 5.26 Å². The first-order chi connectivity index (χ1) is 20.0. The average Bonchev–Trinajstić information content (AvgIpc) is 3.65. The zero-order chi connectivity index (χ0) is 30.2. The number of hydrogen-bond acceptors (Lipinski definition) is 7. The van der Waals surface area contributed by atoms with Gasteiger partial charge in [0.2, 0.25) is 11.6 Å². The van der Waals surface area contributed by atoms with Crippen molar-refractivity contribution < 1.29 is 36.3 Å². The van der Waals surface area contributed by atoms with E-state index in [0.29, 0.717) is 18.4 Å². The molecule has 0 spiro atoms. The molecule has 216 valence electrons. The number of aryl methyl sites for hydroxylation is 1. The van der Waals surface area contributed by atoms with E-state index in [1.807, 2.05) is 0 Å². The predicted octanol–water partition coefficient (Wildman–Crippen LogP) is 5.34. The van der Waals surface area contributed by atoms with E-state index < -0.39 is 42.2 Å². The number of ether oxygens (including phenoxy) is 1. The molecule has 42 heavy (non-hydrogen) atoms. The number of nitrogens with zero attached hydrogens (tertiary/aromatic N) is 3. The number of pyridine rings is 2. The zero-order valence-corrected chi connectivity index (χ0v) is 22.4. The van der Waals surface area contributed by atoms with Crippen LogP contribution in [0.3, 0.4) is 0 Å². The maximum atomic E-state index is 13.6. The Balaban J connectivity index is 1.70. The largest absolute Gasteiger partial charge is 0.480 e. The molecule has 0 atom stereocenters. The second-order valence-electron chi connectivity index (χ2n) is 9.77. The van der Waals surface area contributed by atoms with E-state index in [1.165, 1.54) is 56.8 Å². The van der Waals surface area contributed by atoms with E-state index in [9.17, 15) is 32.4 Å². The van der Waals surface area contributed by atoms with Crippen LogP contribution in [0.5, 0.6) is 5.88 Å². The Morgan fingerprint density at radius 2 is 1.86 bits per heavy atom. The van der Waals surface area contributed by atoms with Gasteiger partial charge in [-0.25, -0.2) is 14.4 Å². The summed E-state index contributed by atoms with van der Waals surface area (Å²) in [6.45, 7) is 0. The third kappa shape index (κ3) is 5.60. The molecular formula is C29H23F4N5O4. The van der Waals surface area contributed by atoms with Crippen LogP contribution in [-0.2, 0) is 6.42 Å². The van der Waals surface area contributed by atoms with E-state index in [2.05, 4.69) is 26.7 Å². The number of hydrogen-bond donors (Lipinski definition) is 2. The maximum absolute atomic E-state index is 13.6. The Hall–Kier alpha value is -4.99. The highest BCUT2D eigenvalue weighted by molar-refractivity contribution is 6.11. The average molecular weight is 582 g/mol. The first kappa shape index (κ1) is 28.5. The van der Waals surface area contributed by atoms with E-state index in [0.717, 1.165) is 0 Å². The van der Waals surface area contributed by atoms with Crippen LogP contribution in [0.2, 0.25) is 0 Å². The summed E-state index contributed by atoms with van der Waals surface area (Å²) in [6.07, 6.45) is -3.97. The second-order valence-corrected chi connectivity index (χ2v) is 9.77. The highest BCUT2D eigenvalue weighted by Gasteiger charge is 2.45. The number of rotatable bonds is 8. The van der Waals surface area contributed by atoms with Crippen LogP contribution in [0.1, 0.15) is 45.7 Å². The molecule has 4 aromatic rings. The number of alkyl halides is 3. The Morgan fingerprint density at radius 3 is 2.45 bits per heavy atom. The molecule has 0 bridgehead atoms. The molecule has 1 aliphatic rings. The Kier molecular flexibility index (Phi) is 7.32. The predicted molar refractivity (Wildman–Crippen MR) is 142 cm³/mol. The summed E-state index contributed by atoms with van der Waals surface area (Å²) in [5.74, 6) is -1.72. The van der Waals surface area contributed by atoms with Gasteiger partial charge in [0.15, 0.2) is 0 Å². The third-order valence-corrected chi connectivity index (χ3v) is 6.88. The number of benzene rings is 1. The molecule has 5 rings (SSSR count). The van der Waals surface area contributed by atoms with Crippen LogP contribution in [0.25, 0.3) is 33.6 Å². The van der Waals surface area contributed by atoms with Gasteiger partial charge in [0.1, 0.15) is 22.7 Å². The van der Waals surface area contributed by atoms with Crippen molar-refractivity contribution in [2.24, 2.45) is 0 Å². The normalized spacial score (nSPS) is 13.8. The van der Waals surface area contributed by atoms with Crippen molar-refractivity contribution >= 4 is 22.9 Å². The summed E-state index contributed by atoms with van der Waals surface area (Å²) in [5, 5.41) is 14.7. The minimum atomic E-state index is -4.50. The molecular weight excluding hydrogens is 558 g/mol.